The molecule has 0 spiro atoms. The minimum absolute atomic E-state index is 0.153. The molecule has 1 aromatic carbocycles. The molecule has 2 rings (SSSR count). The molecule has 0 saturated heterocycles. The molecule has 0 amide bonds. The zero-order valence-corrected chi connectivity index (χ0v) is 9.19. The Morgan fingerprint density at radius 2 is 1.79 bits per heavy atom. The van der Waals surface area contributed by atoms with Crippen LogP contribution in [0.25, 0.3) is 11.4 Å². The highest BCUT2D eigenvalue weighted by Gasteiger charge is 2.15. The number of halogens is 3. The summed E-state index contributed by atoms with van der Waals surface area (Å²) in [5.41, 5.74) is 4.88. The van der Waals surface area contributed by atoms with Crippen LogP contribution in [0, 0.1) is 17.5 Å². The molecular formula is C11H6F3N3O2. The lowest BCUT2D eigenvalue weighted by Gasteiger charge is -2.04. The van der Waals surface area contributed by atoms with Crippen molar-refractivity contribution in [2.45, 2.75) is 0 Å². The molecule has 0 unspecified atom stereocenters. The summed E-state index contributed by atoms with van der Waals surface area (Å²) in [4.78, 5) is 17.9. The van der Waals surface area contributed by atoms with Crippen LogP contribution >= 0.6 is 0 Å². The summed E-state index contributed by atoms with van der Waals surface area (Å²) in [6.07, 6.45) is 0.902. The highest BCUT2D eigenvalue weighted by atomic mass is 19.2. The third-order valence-corrected chi connectivity index (χ3v) is 2.29. The van der Waals surface area contributed by atoms with Gasteiger partial charge in [0.1, 0.15) is 11.4 Å². The van der Waals surface area contributed by atoms with Gasteiger partial charge in [0.25, 0.3) is 0 Å². The van der Waals surface area contributed by atoms with Gasteiger partial charge in [-0.2, -0.15) is 0 Å². The number of carboxylic acids is 1. The van der Waals surface area contributed by atoms with E-state index in [1.54, 1.807) is 0 Å². The largest absolute Gasteiger partial charge is 0.477 e. The number of nitrogen functional groups attached to an aromatic ring is 1. The van der Waals surface area contributed by atoms with Gasteiger partial charge in [-0.1, -0.05) is 0 Å². The number of rotatable bonds is 2. The average Bonchev–Trinajstić information content (AvgIpc) is 2.34. The summed E-state index contributed by atoms with van der Waals surface area (Å²) in [7, 11) is 0. The van der Waals surface area contributed by atoms with E-state index in [1.807, 2.05) is 0 Å². The maximum absolute atomic E-state index is 13.0. The van der Waals surface area contributed by atoms with E-state index in [4.69, 9.17) is 10.8 Å². The highest BCUT2D eigenvalue weighted by Crippen LogP contribution is 2.22. The Morgan fingerprint density at radius 3 is 2.26 bits per heavy atom. The molecule has 0 atom stereocenters. The summed E-state index contributed by atoms with van der Waals surface area (Å²) in [6.45, 7) is 0. The molecule has 5 nitrogen and oxygen atoms in total. The number of carboxylic acid groups (broad SMARTS) is 1. The number of benzene rings is 1. The van der Waals surface area contributed by atoms with Crippen LogP contribution in [0.1, 0.15) is 10.4 Å². The maximum Gasteiger partial charge on any atom is 0.341 e. The van der Waals surface area contributed by atoms with E-state index in [9.17, 15) is 18.0 Å². The summed E-state index contributed by atoms with van der Waals surface area (Å²) in [5, 5.41) is 8.72. The van der Waals surface area contributed by atoms with Crippen molar-refractivity contribution in [3.05, 3.63) is 41.3 Å². The predicted molar refractivity (Wildman–Crippen MR) is 58.7 cm³/mol. The minimum atomic E-state index is -1.61. The lowest BCUT2D eigenvalue weighted by molar-refractivity contribution is 0.0697. The quantitative estimate of drug-likeness (QED) is 0.812. The van der Waals surface area contributed by atoms with Gasteiger partial charge in [-0.25, -0.2) is 27.9 Å². The molecule has 98 valence electrons. The Morgan fingerprint density at radius 1 is 1.21 bits per heavy atom. The molecule has 0 aliphatic rings. The van der Waals surface area contributed by atoms with Crippen LogP contribution in [-0.4, -0.2) is 21.0 Å². The molecule has 0 radical (unpaired) electrons. The number of hydrogen-bond acceptors (Lipinski definition) is 4. The Labute approximate surface area is 104 Å². The van der Waals surface area contributed by atoms with E-state index in [-0.39, 0.29) is 22.8 Å². The van der Waals surface area contributed by atoms with Crippen LogP contribution in [0.5, 0.6) is 0 Å². The second kappa shape index (κ2) is 4.56. The van der Waals surface area contributed by atoms with E-state index in [1.165, 1.54) is 0 Å². The second-order valence-corrected chi connectivity index (χ2v) is 3.55. The number of aromatic nitrogens is 2. The molecule has 2 aromatic rings. The summed E-state index contributed by atoms with van der Waals surface area (Å²) >= 11 is 0. The number of hydrogen-bond donors (Lipinski definition) is 2. The van der Waals surface area contributed by atoms with Crippen LogP contribution in [0.3, 0.4) is 0 Å². The molecule has 1 heterocycles. The molecular weight excluding hydrogens is 263 g/mol. The fourth-order valence-electron chi connectivity index (χ4n) is 1.38. The van der Waals surface area contributed by atoms with Gasteiger partial charge >= 0.3 is 5.97 Å². The molecule has 0 bridgehead atoms. The van der Waals surface area contributed by atoms with Crippen LogP contribution in [0.15, 0.2) is 18.3 Å². The molecule has 8 heteroatoms. The third-order valence-electron chi connectivity index (χ3n) is 2.29. The molecule has 1 aromatic heterocycles. The van der Waals surface area contributed by atoms with Gasteiger partial charge in [-0.15, -0.1) is 0 Å². The lowest BCUT2D eigenvalue weighted by atomic mass is 10.2. The average molecular weight is 269 g/mol. The van der Waals surface area contributed by atoms with E-state index >= 15 is 0 Å². The summed E-state index contributed by atoms with van der Waals surface area (Å²) < 4.78 is 38.9. The first-order chi connectivity index (χ1) is 8.90. The fraction of sp³-hybridized carbons (Fsp3) is 0. The van der Waals surface area contributed by atoms with Crippen LogP contribution < -0.4 is 5.73 Å². The molecule has 0 aliphatic carbocycles. The van der Waals surface area contributed by atoms with Crippen molar-refractivity contribution in [1.82, 2.24) is 9.97 Å². The standard InChI is InChI=1S/C11H6F3N3O2/c12-6-1-4(2-7(13)8(6)14)10-16-3-5(11(18)19)9(15)17-10/h1-3H,(H,18,19)(H2,15,16,17). The van der Waals surface area contributed by atoms with Crippen LogP contribution in [0.4, 0.5) is 19.0 Å². The second-order valence-electron chi connectivity index (χ2n) is 3.55. The summed E-state index contributed by atoms with van der Waals surface area (Å²) in [5.74, 6) is -6.32. The zero-order chi connectivity index (χ0) is 14.2. The number of carbonyl (C=O) groups is 1. The number of anilines is 1. The topological polar surface area (TPSA) is 89.1 Å². The van der Waals surface area contributed by atoms with E-state index in [0.29, 0.717) is 12.1 Å². The van der Waals surface area contributed by atoms with Gasteiger partial charge in [0.05, 0.1) is 0 Å². The van der Waals surface area contributed by atoms with Gasteiger partial charge in [-0.3, -0.25) is 0 Å². The Bertz CT molecular complexity index is 653. The first kappa shape index (κ1) is 12.8. The van der Waals surface area contributed by atoms with Gasteiger partial charge in [0.2, 0.25) is 0 Å². The normalized spacial score (nSPS) is 10.5. The Kier molecular flexibility index (Phi) is 3.07. The van der Waals surface area contributed by atoms with Crippen molar-refractivity contribution in [1.29, 1.82) is 0 Å². The van der Waals surface area contributed by atoms with E-state index in [0.717, 1.165) is 6.20 Å². The first-order valence-electron chi connectivity index (χ1n) is 4.91. The maximum atomic E-state index is 13.0. The monoisotopic (exact) mass is 269 g/mol. The SMILES string of the molecule is Nc1nc(-c2cc(F)c(F)c(F)c2)ncc1C(=O)O. The molecule has 0 fully saturated rings. The van der Waals surface area contributed by atoms with Crippen molar-refractivity contribution >= 4 is 11.8 Å². The zero-order valence-electron chi connectivity index (χ0n) is 9.19. The van der Waals surface area contributed by atoms with Crippen molar-refractivity contribution in [2.24, 2.45) is 0 Å². The van der Waals surface area contributed by atoms with Crippen LogP contribution in [-0.2, 0) is 0 Å². The smallest absolute Gasteiger partial charge is 0.341 e. The third kappa shape index (κ3) is 2.32. The van der Waals surface area contributed by atoms with Gasteiger partial charge in [0, 0.05) is 11.8 Å². The van der Waals surface area contributed by atoms with E-state index in [2.05, 4.69) is 9.97 Å². The molecule has 0 aliphatic heterocycles. The van der Waals surface area contributed by atoms with Crippen molar-refractivity contribution < 1.29 is 23.1 Å². The Hall–Kier alpha value is -2.64. The van der Waals surface area contributed by atoms with Gasteiger partial charge in [0.15, 0.2) is 23.3 Å². The Balaban J connectivity index is 2.54. The number of aromatic carboxylic acids is 1. The summed E-state index contributed by atoms with van der Waals surface area (Å²) in [6, 6.07) is 1.38. The molecule has 3 N–H and O–H groups in total. The minimum Gasteiger partial charge on any atom is -0.477 e. The van der Waals surface area contributed by atoms with Crippen LogP contribution in [0.2, 0.25) is 0 Å². The molecule has 0 saturated carbocycles. The molecule has 19 heavy (non-hydrogen) atoms. The first-order valence-corrected chi connectivity index (χ1v) is 4.91. The van der Waals surface area contributed by atoms with Gasteiger partial charge < -0.3 is 10.8 Å². The predicted octanol–water partition coefficient (Wildman–Crippen LogP) is 1.84. The van der Waals surface area contributed by atoms with Crippen molar-refractivity contribution in [3.63, 3.8) is 0 Å². The van der Waals surface area contributed by atoms with Crippen molar-refractivity contribution in [3.8, 4) is 11.4 Å². The van der Waals surface area contributed by atoms with Crippen molar-refractivity contribution in [2.75, 3.05) is 5.73 Å². The number of nitrogens with two attached hydrogens (primary N) is 1. The lowest BCUT2D eigenvalue weighted by Crippen LogP contribution is -2.07. The highest BCUT2D eigenvalue weighted by molar-refractivity contribution is 5.92. The van der Waals surface area contributed by atoms with Gasteiger partial charge in [-0.05, 0) is 12.1 Å². The van der Waals surface area contributed by atoms with E-state index < -0.39 is 23.4 Å². The number of nitrogens with zero attached hydrogens (tertiary/aromatic N) is 2. The fourth-order valence-corrected chi connectivity index (χ4v) is 1.38.